The van der Waals surface area contributed by atoms with Crippen molar-refractivity contribution in [1.29, 1.82) is 0 Å². The van der Waals surface area contributed by atoms with Crippen LogP contribution in [0.1, 0.15) is 20.3 Å². The minimum Gasteiger partial charge on any atom is -0.494 e. The van der Waals surface area contributed by atoms with Crippen LogP contribution in [-0.2, 0) is 14.8 Å². The van der Waals surface area contributed by atoms with Crippen molar-refractivity contribution in [1.82, 2.24) is 4.31 Å². The molecular formula is C13H18FNO5S. The first kappa shape index (κ1) is 17.4. The van der Waals surface area contributed by atoms with E-state index in [1.807, 2.05) is 0 Å². The predicted molar refractivity (Wildman–Crippen MR) is 74.2 cm³/mol. The second-order valence-electron chi connectivity index (χ2n) is 4.45. The molecule has 1 N–H and O–H groups in total. The molecular weight excluding hydrogens is 301 g/mol. The number of sulfonamides is 1. The Labute approximate surface area is 123 Å². The summed E-state index contributed by atoms with van der Waals surface area (Å²) in [6, 6.07) is 2.58. The molecule has 21 heavy (non-hydrogen) atoms. The quantitative estimate of drug-likeness (QED) is 0.827. The monoisotopic (exact) mass is 319 g/mol. The van der Waals surface area contributed by atoms with E-state index in [0.717, 1.165) is 10.4 Å². The van der Waals surface area contributed by atoms with Gasteiger partial charge in [-0.2, -0.15) is 4.31 Å². The molecule has 0 spiro atoms. The summed E-state index contributed by atoms with van der Waals surface area (Å²) in [5, 5.41) is 8.78. The first-order chi connectivity index (χ1) is 9.73. The van der Waals surface area contributed by atoms with Gasteiger partial charge in [0.05, 0.1) is 18.4 Å². The molecule has 0 amide bonds. The molecule has 0 aromatic heterocycles. The van der Waals surface area contributed by atoms with Crippen LogP contribution in [0.5, 0.6) is 5.75 Å². The summed E-state index contributed by atoms with van der Waals surface area (Å²) >= 11 is 0. The highest BCUT2D eigenvalue weighted by atomic mass is 32.2. The predicted octanol–water partition coefficient (Wildman–Crippen LogP) is 1.71. The van der Waals surface area contributed by atoms with Crippen molar-refractivity contribution in [3.8, 4) is 5.75 Å². The van der Waals surface area contributed by atoms with E-state index in [1.54, 1.807) is 6.92 Å². The number of carbonyl (C=O) groups is 1. The smallest absolute Gasteiger partial charge is 0.304 e. The van der Waals surface area contributed by atoms with Gasteiger partial charge in [-0.3, -0.25) is 4.79 Å². The van der Waals surface area contributed by atoms with Gasteiger partial charge in [0.1, 0.15) is 0 Å². The third-order valence-electron chi connectivity index (χ3n) is 3.00. The minimum atomic E-state index is -3.97. The van der Waals surface area contributed by atoms with Gasteiger partial charge in [-0.1, -0.05) is 6.92 Å². The van der Waals surface area contributed by atoms with Gasteiger partial charge < -0.3 is 9.84 Å². The van der Waals surface area contributed by atoms with Crippen LogP contribution in [0.2, 0.25) is 0 Å². The van der Waals surface area contributed by atoms with E-state index in [2.05, 4.69) is 0 Å². The average molecular weight is 319 g/mol. The van der Waals surface area contributed by atoms with Gasteiger partial charge >= 0.3 is 5.97 Å². The largest absolute Gasteiger partial charge is 0.494 e. The van der Waals surface area contributed by atoms with Crippen molar-refractivity contribution >= 4 is 16.0 Å². The standard InChI is InChI=1S/C13H18FNO5S/c1-4-15(9(2)7-13(16)17)21(18,19)10-5-6-12(20-3)11(14)8-10/h5-6,8-9H,4,7H2,1-3H3,(H,16,17). The van der Waals surface area contributed by atoms with Gasteiger partial charge in [-0.15, -0.1) is 0 Å². The topological polar surface area (TPSA) is 83.9 Å². The molecule has 6 nitrogen and oxygen atoms in total. The number of ether oxygens (including phenoxy) is 1. The minimum absolute atomic E-state index is 0.0596. The van der Waals surface area contributed by atoms with E-state index in [9.17, 15) is 17.6 Å². The van der Waals surface area contributed by atoms with Gasteiger partial charge in [0.25, 0.3) is 0 Å². The molecule has 1 aromatic rings. The molecule has 0 saturated carbocycles. The van der Waals surface area contributed by atoms with Crippen LogP contribution in [-0.4, -0.2) is 43.5 Å². The molecule has 1 atom stereocenters. The molecule has 1 rings (SSSR count). The van der Waals surface area contributed by atoms with E-state index < -0.39 is 27.9 Å². The number of carboxylic acids is 1. The third-order valence-corrected chi connectivity index (χ3v) is 5.09. The summed E-state index contributed by atoms with van der Waals surface area (Å²) < 4.78 is 44.4. The number of halogens is 1. The molecule has 1 aromatic carbocycles. The number of methoxy groups -OCH3 is 1. The maximum absolute atomic E-state index is 13.7. The van der Waals surface area contributed by atoms with Crippen molar-refractivity contribution in [2.75, 3.05) is 13.7 Å². The summed E-state index contributed by atoms with van der Waals surface area (Å²) in [5.41, 5.74) is 0. The molecule has 0 saturated heterocycles. The van der Waals surface area contributed by atoms with E-state index >= 15 is 0 Å². The molecule has 0 aliphatic rings. The zero-order valence-electron chi connectivity index (χ0n) is 12.0. The molecule has 0 bridgehead atoms. The van der Waals surface area contributed by atoms with Gasteiger partial charge in [0.15, 0.2) is 11.6 Å². The van der Waals surface area contributed by atoms with Crippen molar-refractivity contribution in [2.45, 2.75) is 31.2 Å². The van der Waals surface area contributed by atoms with Crippen LogP contribution in [0, 0.1) is 5.82 Å². The molecule has 0 aliphatic heterocycles. The molecule has 118 valence electrons. The fourth-order valence-electron chi connectivity index (χ4n) is 2.02. The van der Waals surface area contributed by atoms with Crippen LogP contribution < -0.4 is 4.74 Å². The summed E-state index contributed by atoms with van der Waals surface area (Å²) in [5.74, 6) is -1.95. The lowest BCUT2D eigenvalue weighted by Gasteiger charge is -2.26. The zero-order chi connectivity index (χ0) is 16.2. The number of hydrogen-bond donors (Lipinski definition) is 1. The Bertz CT molecular complexity index is 617. The van der Waals surface area contributed by atoms with Crippen LogP contribution in [0.4, 0.5) is 4.39 Å². The lowest BCUT2D eigenvalue weighted by Crippen LogP contribution is -2.39. The first-order valence-electron chi connectivity index (χ1n) is 6.31. The Morgan fingerprint density at radius 1 is 1.48 bits per heavy atom. The zero-order valence-corrected chi connectivity index (χ0v) is 12.9. The second-order valence-corrected chi connectivity index (χ2v) is 6.34. The lowest BCUT2D eigenvalue weighted by molar-refractivity contribution is -0.137. The SMILES string of the molecule is CCN(C(C)CC(=O)O)S(=O)(=O)c1ccc(OC)c(F)c1. The summed E-state index contributed by atoms with van der Waals surface area (Å²) in [6.07, 6.45) is -0.328. The third kappa shape index (κ3) is 3.92. The van der Waals surface area contributed by atoms with Gasteiger partial charge in [0.2, 0.25) is 10.0 Å². The highest BCUT2D eigenvalue weighted by molar-refractivity contribution is 7.89. The number of hydrogen-bond acceptors (Lipinski definition) is 4. The van der Waals surface area contributed by atoms with Crippen molar-refractivity contribution < 1.29 is 27.4 Å². The number of rotatable bonds is 7. The van der Waals surface area contributed by atoms with Crippen LogP contribution in [0.15, 0.2) is 23.1 Å². The number of nitrogens with zero attached hydrogens (tertiary/aromatic N) is 1. The Balaban J connectivity index is 3.18. The summed E-state index contributed by atoms with van der Waals surface area (Å²) in [7, 11) is -2.69. The molecule has 0 heterocycles. The summed E-state index contributed by atoms with van der Waals surface area (Å²) in [4.78, 5) is 10.5. The highest BCUT2D eigenvalue weighted by Crippen LogP contribution is 2.24. The number of benzene rings is 1. The lowest BCUT2D eigenvalue weighted by atomic mass is 10.2. The van der Waals surface area contributed by atoms with Crippen LogP contribution >= 0.6 is 0 Å². The van der Waals surface area contributed by atoms with E-state index in [1.165, 1.54) is 26.2 Å². The second kappa shape index (κ2) is 6.86. The molecule has 1 unspecified atom stereocenters. The normalized spacial score (nSPS) is 13.2. The number of carboxylic acid groups (broad SMARTS) is 1. The van der Waals surface area contributed by atoms with Gasteiger partial charge in [0, 0.05) is 12.6 Å². The fourth-order valence-corrected chi connectivity index (χ4v) is 3.67. The molecule has 0 aliphatic carbocycles. The Hall–Kier alpha value is -1.67. The Kier molecular flexibility index (Phi) is 5.68. The molecule has 0 radical (unpaired) electrons. The first-order valence-corrected chi connectivity index (χ1v) is 7.75. The van der Waals surface area contributed by atoms with Crippen LogP contribution in [0.3, 0.4) is 0 Å². The molecule has 0 fully saturated rings. The average Bonchev–Trinajstić information content (AvgIpc) is 2.38. The summed E-state index contributed by atoms with van der Waals surface area (Å²) in [6.45, 7) is 3.18. The maximum Gasteiger partial charge on any atom is 0.304 e. The van der Waals surface area contributed by atoms with Gasteiger partial charge in [-0.25, -0.2) is 12.8 Å². The van der Waals surface area contributed by atoms with Crippen molar-refractivity contribution in [3.63, 3.8) is 0 Å². The Morgan fingerprint density at radius 3 is 2.52 bits per heavy atom. The van der Waals surface area contributed by atoms with E-state index in [-0.39, 0.29) is 23.6 Å². The van der Waals surface area contributed by atoms with Gasteiger partial charge in [-0.05, 0) is 25.1 Å². The number of aliphatic carboxylic acids is 1. The van der Waals surface area contributed by atoms with E-state index in [4.69, 9.17) is 9.84 Å². The van der Waals surface area contributed by atoms with Crippen molar-refractivity contribution in [3.05, 3.63) is 24.0 Å². The Morgan fingerprint density at radius 2 is 2.10 bits per heavy atom. The van der Waals surface area contributed by atoms with E-state index in [0.29, 0.717) is 0 Å². The maximum atomic E-state index is 13.7. The van der Waals surface area contributed by atoms with Crippen LogP contribution in [0.25, 0.3) is 0 Å². The molecule has 8 heteroatoms. The van der Waals surface area contributed by atoms with Crippen molar-refractivity contribution in [2.24, 2.45) is 0 Å². The fraction of sp³-hybridized carbons (Fsp3) is 0.462. The highest BCUT2D eigenvalue weighted by Gasteiger charge is 2.29.